The molecule has 2 bridgehead atoms. The van der Waals surface area contributed by atoms with Crippen molar-refractivity contribution in [2.24, 2.45) is 11.8 Å². The van der Waals surface area contributed by atoms with Gasteiger partial charge in [0.05, 0.1) is 24.8 Å². The van der Waals surface area contributed by atoms with E-state index in [4.69, 9.17) is 25.8 Å². The van der Waals surface area contributed by atoms with Crippen molar-refractivity contribution in [2.45, 2.75) is 62.1 Å². The van der Waals surface area contributed by atoms with Crippen molar-refractivity contribution >= 4 is 29.2 Å². The number of aryl methyl sites for hydroxylation is 1. The minimum atomic E-state index is -1.84. The fraction of sp³-hybridized carbons (Fsp3) is 0.543. The maximum atomic E-state index is 13.4. The van der Waals surface area contributed by atoms with Gasteiger partial charge in [-0.3, -0.25) is 4.79 Å². The number of carbonyl (C=O) groups excluding carboxylic acids is 1. The minimum Gasteiger partial charge on any atom is -0.490 e. The third-order valence-corrected chi connectivity index (χ3v) is 10.8. The van der Waals surface area contributed by atoms with Gasteiger partial charge in [0.1, 0.15) is 5.75 Å². The Labute approximate surface area is 264 Å². The molecule has 2 aliphatic heterocycles. The van der Waals surface area contributed by atoms with Crippen LogP contribution < -0.4 is 9.64 Å². The van der Waals surface area contributed by atoms with Crippen molar-refractivity contribution in [1.29, 1.82) is 0 Å². The number of carboxylic acid groups (broad SMARTS) is 1. The number of halogens is 1. The second kappa shape index (κ2) is 12.4. The number of carbonyl (C=O) groups is 2. The summed E-state index contributed by atoms with van der Waals surface area (Å²) < 4.78 is 18.4. The van der Waals surface area contributed by atoms with E-state index in [1.165, 1.54) is 18.2 Å². The van der Waals surface area contributed by atoms with Gasteiger partial charge in [-0.1, -0.05) is 35.9 Å². The highest BCUT2D eigenvalue weighted by Gasteiger charge is 2.47. The first kappa shape index (κ1) is 30.9. The van der Waals surface area contributed by atoms with Crippen molar-refractivity contribution in [2.75, 3.05) is 52.4 Å². The second-order valence-corrected chi connectivity index (χ2v) is 13.5. The zero-order chi connectivity index (χ0) is 31.1. The molecule has 1 fully saturated rings. The highest BCUT2D eigenvalue weighted by atomic mass is 35.5. The molecule has 2 aromatic carbocycles. The Morgan fingerprint density at radius 3 is 2.73 bits per heavy atom. The Bertz CT molecular complexity index is 1450. The lowest BCUT2D eigenvalue weighted by Crippen LogP contribution is -2.49. The quantitative estimate of drug-likeness (QED) is 0.447. The molecule has 0 radical (unpaired) electrons. The summed E-state index contributed by atoms with van der Waals surface area (Å²) in [6, 6.07) is 11.7. The Morgan fingerprint density at radius 1 is 1.16 bits per heavy atom. The first-order chi connectivity index (χ1) is 21.2. The van der Waals surface area contributed by atoms with E-state index in [1.54, 1.807) is 25.1 Å². The number of ether oxygens (including phenoxy) is 3. The number of methoxy groups -OCH3 is 2. The summed E-state index contributed by atoms with van der Waals surface area (Å²) in [5.74, 6) is -0.0131. The van der Waals surface area contributed by atoms with E-state index in [9.17, 15) is 14.7 Å². The predicted molar refractivity (Wildman–Crippen MR) is 170 cm³/mol. The van der Waals surface area contributed by atoms with E-state index in [0.29, 0.717) is 42.7 Å². The maximum Gasteiger partial charge on any atom is 0.341 e. The average molecular weight is 623 g/mol. The van der Waals surface area contributed by atoms with Gasteiger partial charge in [-0.25, -0.2) is 4.79 Å². The summed E-state index contributed by atoms with van der Waals surface area (Å²) in [4.78, 5) is 30.3. The van der Waals surface area contributed by atoms with Crippen LogP contribution in [0.2, 0.25) is 5.02 Å². The Hall–Kier alpha value is -3.07. The molecule has 1 N–H and O–H groups in total. The number of hydrogen-bond donors (Lipinski definition) is 1. The summed E-state index contributed by atoms with van der Waals surface area (Å²) in [6.45, 7) is 2.50. The van der Waals surface area contributed by atoms with Crippen LogP contribution in [0.3, 0.4) is 0 Å². The number of hydrogen-bond acceptors (Lipinski definition) is 6. The van der Waals surface area contributed by atoms with E-state index in [1.807, 2.05) is 18.2 Å². The molecule has 0 aromatic heterocycles. The van der Waals surface area contributed by atoms with Crippen molar-refractivity contribution in [3.63, 3.8) is 0 Å². The van der Waals surface area contributed by atoms with Crippen LogP contribution in [0.25, 0.3) is 0 Å². The van der Waals surface area contributed by atoms with Crippen LogP contribution in [0.5, 0.6) is 5.75 Å². The Kier molecular flexibility index (Phi) is 8.70. The van der Waals surface area contributed by atoms with Crippen LogP contribution in [0.1, 0.15) is 55.2 Å². The SMILES string of the molecule is CO[C@@H]1/C=C/CCN(C)C(=O)C[C@@](OC)(C(=O)O)c2ccc3c(c2)N(C[C@@H]2CC[C@H]21)C[C@@]1(CCCc2cc(Cl)ccc21)CO3. The lowest BCUT2D eigenvalue weighted by molar-refractivity contribution is -0.169. The number of carboxylic acids is 1. The summed E-state index contributed by atoms with van der Waals surface area (Å²) in [5, 5.41) is 11.3. The largest absolute Gasteiger partial charge is 0.490 e. The zero-order valence-corrected chi connectivity index (χ0v) is 26.6. The van der Waals surface area contributed by atoms with E-state index in [-0.39, 0.29) is 23.8 Å². The fourth-order valence-electron chi connectivity index (χ4n) is 7.85. The van der Waals surface area contributed by atoms with Crippen LogP contribution in [-0.4, -0.2) is 75.5 Å². The molecule has 1 saturated carbocycles. The van der Waals surface area contributed by atoms with Crippen LogP contribution in [0.4, 0.5) is 5.69 Å². The molecule has 1 amide bonds. The molecule has 236 valence electrons. The molecule has 2 aromatic rings. The molecule has 9 heteroatoms. The Morgan fingerprint density at radius 2 is 2.00 bits per heavy atom. The fourth-order valence-corrected chi connectivity index (χ4v) is 8.04. The van der Waals surface area contributed by atoms with Crippen molar-refractivity contribution in [1.82, 2.24) is 4.90 Å². The minimum absolute atomic E-state index is 0.00337. The van der Waals surface area contributed by atoms with E-state index in [0.717, 1.165) is 55.9 Å². The van der Waals surface area contributed by atoms with Crippen molar-refractivity contribution < 1.29 is 28.9 Å². The number of rotatable bonds is 3. The van der Waals surface area contributed by atoms with Gasteiger partial charge in [-0.2, -0.15) is 0 Å². The molecule has 6 rings (SSSR count). The van der Waals surface area contributed by atoms with Gasteiger partial charge in [0.2, 0.25) is 5.91 Å². The van der Waals surface area contributed by atoms with Gasteiger partial charge in [-0.15, -0.1) is 0 Å². The van der Waals surface area contributed by atoms with Crippen LogP contribution >= 0.6 is 11.6 Å². The lowest BCUT2D eigenvalue weighted by Gasteiger charge is -2.46. The average Bonchev–Trinajstić information content (AvgIpc) is 3.15. The summed E-state index contributed by atoms with van der Waals surface area (Å²) in [6.07, 6.45) is 9.74. The first-order valence-electron chi connectivity index (χ1n) is 15.7. The summed E-state index contributed by atoms with van der Waals surface area (Å²) >= 11 is 6.43. The number of aliphatic carboxylic acids is 1. The van der Waals surface area contributed by atoms with Crippen LogP contribution in [0, 0.1) is 11.8 Å². The van der Waals surface area contributed by atoms with Gasteiger partial charge in [0.25, 0.3) is 0 Å². The molecule has 2 aliphatic carbocycles. The number of benzene rings is 2. The molecule has 8 nitrogen and oxygen atoms in total. The molecule has 44 heavy (non-hydrogen) atoms. The molecular formula is C35H43ClN2O6. The molecule has 0 unspecified atom stereocenters. The number of anilines is 1. The first-order valence-corrected chi connectivity index (χ1v) is 16.1. The predicted octanol–water partition coefficient (Wildman–Crippen LogP) is 5.59. The topological polar surface area (TPSA) is 88.5 Å². The summed E-state index contributed by atoms with van der Waals surface area (Å²) in [7, 11) is 4.85. The number of nitrogens with zero attached hydrogens (tertiary/aromatic N) is 2. The standard InChI is InChI=1S/C35H43ClN2O6/c1-37-16-5-4-8-30(42-2)27-12-9-24(27)20-38-21-34(15-6-7-23-17-26(36)11-13-28(23)34)22-44-31-14-10-25(18-29(31)38)35(43-3,33(40)41)19-32(37)39/h4,8,10-11,13-14,17-18,24,27,30H,5-7,9,12,15-16,19-22H2,1-3H3,(H,40,41)/b8-4+/t24-,27+,30+,34-,35-/m0/s1. The van der Waals surface area contributed by atoms with E-state index < -0.39 is 11.6 Å². The third-order valence-electron chi connectivity index (χ3n) is 10.6. The van der Waals surface area contributed by atoms with Gasteiger partial charge in [0, 0.05) is 51.3 Å². The monoisotopic (exact) mass is 622 g/mol. The number of amides is 1. The molecular weight excluding hydrogens is 580 g/mol. The maximum absolute atomic E-state index is 13.4. The van der Waals surface area contributed by atoms with Crippen molar-refractivity contribution in [3.8, 4) is 5.75 Å². The van der Waals surface area contributed by atoms with Gasteiger partial charge < -0.3 is 29.1 Å². The smallest absolute Gasteiger partial charge is 0.341 e. The highest BCUT2D eigenvalue weighted by molar-refractivity contribution is 6.30. The Balaban J connectivity index is 1.48. The number of fused-ring (bicyclic) bond motifs is 4. The normalized spacial score (nSPS) is 31.3. The second-order valence-electron chi connectivity index (χ2n) is 13.0. The molecule has 1 spiro atoms. The third kappa shape index (κ3) is 5.50. The lowest BCUT2D eigenvalue weighted by atomic mass is 9.68. The molecule has 0 saturated heterocycles. The summed E-state index contributed by atoms with van der Waals surface area (Å²) in [5.41, 5.74) is 1.73. The van der Waals surface area contributed by atoms with E-state index in [2.05, 4.69) is 29.2 Å². The molecule has 5 atom stereocenters. The molecule has 4 aliphatic rings. The van der Waals surface area contributed by atoms with Crippen LogP contribution in [0.15, 0.2) is 48.6 Å². The van der Waals surface area contributed by atoms with Crippen molar-refractivity contribution in [3.05, 3.63) is 70.3 Å². The highest BCUT2D eigenvalue weighted by Crippen LogP contribution is 2.48. The van der Waals surface area contributed by atoms with Gasteiger partial charge in [-0.05, 0) is 91.3 Å². The zero-order valence-electron chi connectivity index (χ0n) is 25.9. The van der Waals surface area contributed by atoms with Gasteiger partial charge >= 0.3 is 5.97 Å². The van der Waals surface area contributed by atoms with E-state index >= 15 is 0 Å². The van der Waals surface area contributed by atoms with Gasteiger partial charge in [0.15, 0.2) is 5.60 Å². The molecule has 2 heterocycles. The van der Waals surface area contributed by atoms with Crippen LogP contribution in [-0.2, 0) is 36.5 Å².